The lowest BCUT2D eigenvalue weighted by atomic mass is 9.86. The zero-order valence-corrected chi connectivity index (χ0v) is 13.7. The fraction of sp³-hybridized carbons (Fsp3) is 0.353. The van der Waals surface area contributed by atoms with Gasteiger partial charge < -0.3 is 9.73 Å². The van der Waals surface area contributed by atoms with Gasteiger partial charge in [0.15, 0.2) is 0 Å². The highest BCUT2D eigenvalue weighted by atomic mass is 28.3. The summed E-state index contributed by atoms with van der Waals surface area (Å²) in [7, 11) is -1.71. The largest absolute Gasteiger partial charge is 0.467 e. The van der Waals surface area contributed by atoms with E-state index in [1.807, 2.05) is 18.2 Å². The van der Waals surface area contributed by atoms with E-state index in [0.717, 1.165) is 5.76 Å². The SMILES string of the molecule is C[C@H]([C@@H]1C(=O)N[C@@H]1c1ccco1)[Si](C)(C)c1ccccc1. The highest BCUT2D eigenvalue weighted by Crippen LogP contribution is 2.43. The first-order valence-electron chi connectivity index (χ1n) is 7.41. The molecule has 1 saturated heterocycles. The first-order chi connectivity index (χ1) is 10.0. The van der Waals surface area contributed by atoms with E-state index in [2.05, 4.69) is 49.6 Å². The highest BCUT2D eigenvalue weighted by Gasteiger charge is 2.50. The summed E-state index contributed by atoms with van der Waals surface area (Å²) in [6.45, 7) is 6.91. The second-order valence-electron chi connectivity index (χ2n) is 6.40. The number of amides is 1. The summed E-state index contributed by atoms with van der Waals surface area (Å²) in [5.41, 5.74) is 0.351. The highest BCUT2D eigenvalue weighted by molar-refractivity contribution is 6.91. The molecule has 0 unspecified atom stereocenters. The van der Waals surface area contributed by atoms with Crippen molar-refractivity contribution in [1.29, 1.82) is 0 Å². The molecule has 0 spiro atoms. The molecule has 1 amide bonds. The third kappa shape index (κ3) is 2.33. The van der Waals surface area contributed by atoms with Gasteiger partial charge in [-0.3, -0.25) is 4.79 Å². The van der Waals surface area contributed by atoms with Crippen LogP contribution in [-0.2, 0) is 4.79 Å². The Labute approximate surface area is 126 Å². The van der Waals surface area contributed by atoms with Gasteiger partial charge in [-0.25, -0.2) is 0 Å². The molecule has 0 saturated carbocycles. The van der Waals surface area contributed by atoms with E-state index in [0.29, 0.717) is 5.54 Å². The van der Waals surface area contributed by atoms with E-state index in [9.17, 15) is 4.79 Å². The number of rotatable bonds is 4. The molecule has 0 radical (unpaired) electrons. The van der Waals surface area contributed by atoms with Gasteiger partial charge in [0.2, 0.25) is 5.91 Å². The molecule has 110 valence electrons. The van der Waals surface area contributed by atoms with Crippen molar-refractivity contribution in [1.82, 2.24) is 5.32 Å². The smallest absolute Gasteiger partial charge is 0.226 e. The minimum absolute atomic E-state index is 0.0121. The summed E-state index contributed by atoms with van der Waals surface area (Å²) < 4.78 is 5.49. The van der Waals surface area contributed by atoms with Crippen molar-refractivity contribution in [2.45, 2.75) is 31.6 Å². The maximum Gasteiger partial charge on any atom is 0.226 e. The van der Waals surface area contributed by atoms with Gasteiger partial charge in [0.1, 0.15) is 5.76 Å². The van der Waals surface area contributed by atoms with Crippen LogP contribution in [0.2, 0.25) is 18.6 Å². The lowest BCUT2D eigenvalue weighted by Gasteiger charge is -2.44. The van der Waals surface area contributed by atoms with Crippen molar-refractivity contribution >= 4 is 19.2 Å². The molecule has 2 aromatic rings. The normalized spacial score (nSPS) is 23.3. The average Bonchev–Trinajstić information content (AvgIpc) is 2.99. The minimum Gasteiger partial charge on any atom is -0.467 e. The second-order valence-corrected chi connectivity index (χ2v) is 11.3. The predicted molar refractivity (Wildman–Crippen MR) is 86.1 cm³/mol. The van der Waals surface area contributed by atoms with Gasteiger partial charge in [0, 0.05) is 0 Å². The maximum absolute atomic E-state index is 12.1. The van der Waals surface area contributed by atoms with Gasteiger partial charge >= 0.3 is 0 Å². The van der Waals surface area contributed by atoms with Crippen LogP contribution in [0.15, 0.2) is 53.1 Å². The van der Waals surface area contributed by atoms with Crippen LogP contribution in [0.3, 0.4) is 0 Å². The van der Waals surface area contributed by atoms with E-state index in [1.54, 1.807) is 6.26 Å². The molecule has 4 heteroatoms. The number of carbonyl (C=O) groups excluding carboxylic acids is 1. The molecule has 1 aromatic carbocycles. The van der Waals surface area contributed by atoms with E-state index in [1.165, 1.54) is 5.19 Å². The van der Waals surface area contributed by atoms with Crippen molar-refractivity contribution < 1.29 is 9.21 Å². The van der Waals surface area contributed by atoms with Crippen molar-refractivity contribution in [3.8, 4) is 0 Å². The molecule has 3 rings (SSSR count). The molecule has 0 aliphatic carbocycles. The van der Waals surface area contributed by atoms with Crippen LogP contribution in [0.25, 0.3) is 0 Å². The summed E-state index contributed by atoms with van der Waals surface area (Å²) in [5, 5.41) is 4.39. The molecule has 1 N–H and O–H groups in total. The standard InChI is InChI=1S/C17H21NO2Si/c1-12(21(2,3)13-8-5-4-6-9-13)15-16(18-17(15)19)14-10-7-11-20-14/h4-12,15-16H,1-3H3,(H,18,19)/t12-,15+,16-/m1/s1. The Kier molecular flexibility index (Phi) is 3.49. The monoisotopic (exact) mass is 299 g/mol. The Morgan fingerprint density at radius 2 is 1.86 bits per heavy atom. The first kappa shape index (κ1) is 14.1. The third-order valence-corrected chi connectivity index (χ3v) is 9.46. The third-order valence-electron chi connectivity index (χ3n) is 5.00. The summed E-state index contributed by atoms with van der Waals surface area (Å²) in [6.07, 6.45) is 1.67. The Hall–Kier alpha value is -1.81. The van der Waals surface area contributed by atoms with Gasteiger partial charge in [-0.2, -0.15) is 0 Å². The minimum atomic E-state index is -1.71. The first-order valence-corrected chi connectivity index (χ1v) is 10.5. The molecule has 21 heavy (non-hydrogen) atoms. The number of benzene rings is 1. The molecule has 1 aliphatic rings. The number of hydrogen-bond donors (Lipinski definition) is 1. The van der Waals surface area contributed by atoms with Crippen molar-refractivity contribution in [3.05, 3.63) is 54.5 Å². The van der Waals surface area contributed by atoms with E-state index < -0.39 is 8.07 Å². The lowest BCUT2D eigenvalue weighted by Crippen LogP contribution is -2.59. The number of carbonyl (C=O) groups is 1. The van der Waals surface area contributed by atoms with Gasteiger partial charge in [0.05, 0.1) is 26.3 Å². The topological polar surface area (TPSA) is 42.2 Å². The molecule has 3 nitrogen and oxygen atoms in total. The van der Waals surface area contributed by atoms with Gasteiger partial charge in [0.25, 0.3) is 0 Å². The predicted octanol–water partition coefficient (Wildman–Crippen LogP) is 3.07. The van der Waals surface area contributed by atoms with Crippen LogP contribution >= 0.6 is 0 Å². The van der Waals surface area contributed by atoms with Crippen LogP contribution in [-0.4, -0.2) is 14.0 Å². The van der Waals surface area contributed by atoms with Gasteiger partial charge in [-0.05, 0) is 17.7 Å². The summed E-state index contributed by atoms with van der Waals surface area (Å²) in [4.78, 5) is 12.1. The van der Waals surface area contributed by atoms with Crippen molar-refractivity contribution in [2.75, 3.05) is 0 Å². The van der Waals surface area contributed by atoms with Crippen LogP contribution < -0.4 is 10.5 Å². The molecular weight excluding hydrogens is 278 g/mol. The Morgan fingerprint density at radius 3 is 2.43 bits per heavy atom. The number of hydrogen-bond acceptors (Lipinski definition) is 2. The fourth-order valence-corrected chi connectivity index (χ4v) is 6.02. The van der Waals surface area contributed by atoms with E-state index in [4.69, 9.17) is 4.42 Å². The fourth-order valence-electron chi connectivity index (χ4n) is 3.21. The molecule has 0 bridgehead atoms. The van der Waals surface area contributed by atoms with Crippen LogP contribution in [0.1, 0.15) is 18.7 Å². The zero-order valence-electron chi connectivity index (χ0n) is 12.7. The van der Waals surface area contributed by atoms with E-state index >= 15 is 0 Å². The molecule has 1 aliphatic heterocycles. The Balaban J connectivity index is 1.87. The molecule has 1 aromatic heterocycles. The van der Waals surface area contributed by atoms with E-state index in [-0.39, 0.29) is 17.9 Å². The van der Waals surface area contributed by atoms with Crippen LogP contribution in [0.5, 0.6) is 0 Å². The molecule has 2 heterocycles. The van der Waals surface area contributed by atoms with Crippen molar-refractivity contribution in [2.24, 2.45) is 5.92 Å². The molecule has 3 atom stereocenters. The van der Waals surface area contributed by atoms with Crippen LogP contribution in [0, 0.1) is 5.92 Å². The second kappa shape index (κ2) is 5.19. The van der Waals surface area contributed by atoms with Gasteiger partial charge in [-0.15, -0.1) is 0 Å². The lowest BCUT2D eigenvalue weighted by molar-refractivity contribution is -0.136. The summed E-state index contributed by atoms with van der Waals surface area (Å²) in [5.74, 6) is 1.03. The van der Waals surface area contributed by atoms with Crippen LogP contribution in [0.4, 0.5) is 0 Å². The molecule has 1 fully saturated rings. The molecular formula is C17H21NO2Si. The Bertz CT molecular complexity index is 622. The van der Waals surface area contributed by atoms with Crippen molar-refractivity contribution in [3.63, 3.8) is 0 Å². The number of furan rings is 1. The summed E-state index contributed by atoms with van der Waals surface area (Å²) in [6, 6.07) is 14.5. The van der Waals surface area contributed by atoms with Gasteiger partial charge in [-0.1, -0.05) is 55.5 Å². The maximum atomic E-state index is 12.1. The quantitative estimate of drug-likeness (QED) is 0.696. The summed E-state index contributed by atoms with van der Waals surface area (Å²) >= 11 is 0. The number of β-lactam (4-membered cyclic amide) rings is 1. The zero-order chi connectivity index (χ0) is 15.0. The average molecular weight is 299 g/mol. The Morgan fingerprint density at radius 1 is 1.14 bits per heavy atom. The number of nitrogens with one attached hydrogen (secondary N) is 1.